The smallest absolute Gasteiger partial charge is 0.170 e. The van der Waals surface area contributed by atoms with E-state index in [1.165, 1.54) is 12.3 Å². The van der Waals surface area contributed by atoms with Crippen LogP contribution in [0, 0.1) is 0 Å². The zero-order valence-corrected chi connectivity index (χ0v) is 4.11. The van der Waals surface area contributed by atoms with Gasteiger partial charge in [0, 0.05) is 0 Å². The molecule has 42 valence electrons. The Kier molecular flexibility index (Phi) is 0.997. The molecule has 4 heteroatoms. The summed E-state index contributed by atoms with van der Waals surface area (Å²) < 4.78 is 0. The summed E-state index contributed by atoms with van der Waals surface area (Å²) in [6, 6.07) is 1.53. The van der Waals surface area contributed by atoms with Crippen LogP contribution in [0.5, 0.6) is 0 Å². The average Bonchev–Trinajstić information content (AvgIpc) is 2.14. The maximum absolute atomic E-state index is 9.95. The minimum absolute atomic E-state index is 0.380. The van der Waals surface area contributed by atoms with E-state index in [0.29, 0.717) is 12.0 Å². The fourth-order valence-electron chi connectivity index (χ4n) is 0.418. The van der Waals surface area contributed by atoms with Crippen LogP contribution < -0.4 is 5.84 Å². The first kappa shape index (κ1) is 4.83. The van der Waals surface area contributed by atoms with E-state index in [1.807, 2.05) is 0 Å². The molecular weight excluding hydrogens is 106 g/mol. The predicted octanol–water partition coefficient (Wildman–Crippen LogP) is -0.591. The predicted molar refractivity (Wildman–Crippen MR) is 27.8 cm³/mol. The van der Waals surface area contributed by atoms with E-state index in [9.17, 15) is 4.79 Å². The molecule has 0 aromatic carbocycles. The Morgan fingerprint density at radius 2 is 2.62 bits per heavy atom. The van der Waals surface area contributed by atoms with Gasteiger partial charge in [0.2, 0.25) is 0 Å². The molecule has 1 rings (SSSR count). The third-order valence-electron chi connectivity index (χ3n) is 0.822. The molecule has 0 bridgehead atoms. The van der Waals surface area contributed by atoms with Gasteiger partial charge in [-0.3, -0.25) is 4.79 Å². The molecule has 2 N–H and O–H groups in total. The zero-order chi connectivity index (χ0) is 5.98. The molecule has 4 nitrogen and oxygen atoms in total. The van der Waals surface area contributed by atoms with Crippen LogP contribution >= 0.6 is 0 Å². The second-order valence-electron chi connectivity index (χ2n) is 1.32. The zero-order valence-electron chi connectivity index (χ0n) is 4.11. The van der Waals surface area contributed by atoms with Gasteiger partial charge in [-0.25, -0.2) is 0 Å². The first-order valence-electron chi connectivity index (χ1n) is 2.09. The van der Waals surface area contributed by atoms with Gasteiger partial charge in [-0.1, -0.05) is 0 Å². The number of hydrogen-bond acceptors (Lipinski definition) is 3. The van der Waals surface area contributed by atoms with E-state index < -0.39 is 0 Å². The van der Waals surface area contributed by atoms with Crippen molar-refractivity contribution in [2.24, 2.45) is 0 Å². The van der Waals surface area contributed by atoms with E-state index in [2.05, 4.69) is 5.10 Å². The quantitative estimate of drug-likeness (QED) is 0.389. The Morgan fingerprint density at radius 1 is 1.88 bits per heavy atom. The highest BCUT2D eigenvalue weighted by Gasteiger charge is 1.91. The van der Waals surface area contributed by atoms with E-state index in [-0.39, 0.29) is 0 Å². The second kappa shape index (κ2) is 1.65. The van der Waals surface area contributed by atoms with E-state index in [4.69, 9.17) is 5.84 Å². The molecule has 0 atom stereocenters. The maximum atomic E-state index is 9.95. The Morgan fingerprint density at radius 3 is 2.88 bits per heavy atom. The van der Waals surface area contributed by atoms with Crippen molar-refractivity contribution in [1.29, 1.82) is 0 Å². The minimum Gasteiger partial charge on any atom is -0.323 e. The molecular formula is C4H5N3O. The second-order valence-corrected chi connectivity index (χ2v) is 1.32. The van der Waals surface area contributed by atoms with Crippen molar-refractivity contribution in [2.45, 2.75) is 0 Å². The normalized spacial score (nSPS) is 9.00. The van der Waals surface area contributed by atoms with Crippen LogP contribution in [0.25, 0.3) is 0 Å². The summed E-state index contributed by atoms with van der Waals surface area (Å²) in [7, 11) is 0. The first-order valence-corrected chi connectivity index (χ1v) is 2.09. The topological polar surface area (TPSA) is 60.9 Å². The largest absolute Gasteiger partial charge is 0.323 e. The lowest BCUT2D eigenvalue weighted by molar-refractivity contribution is 0.111. The molecule has 0 radical (unpaired) electrons. The number of nitrogen functional groups attached to an aromatic ring is 1. The molecule has 0 unspecified atom stereocenters. The van der Waals surface area contributed by atoms with Gasteiger partial charge in [-0.05, 0) is 6.07 Å². The first-order chi connectivity index (χ1) is 3.84. The van der Waals surface area contributed by atoms with Crippen molar-refractivity contribution in [3.05, 3.63) is 18.0 Å². The summed E-state index contributed by atoms with van der Waals surface area (Å²) in [5.41, 5.74) is 0.380. The van der Waals surface area contributed by atoms with E-state index >= 15 is 0 Å². The molecule has 1 heterocycles. The number of nitrogens with two attached hydrogens (primary N) is 1. The molecule has 0 saturated carbocycles. The highest BCUT2D eigenvalue weighted by molar-refractivity contribution is 5.71. The number of carbonyl (C=O) groups is 1. The van der Waals surface area contributed by atoms with Gasteiger partial charge in [0.15, 0.2) is 6.29 Å². The van der Waals surface area contributed by atoms with E-state index in [0.717, 1.165) is 4.79 Å². The van der Waals surface area contributed by atoms with Crippen molar-refractivity contribution >= 4 is 6.29 Å². The summed E-state index contributed by atoms with van der Waals surface area (Å²) in [5, 5.41) is 3.55. The Labute approximate surface area is 45.9 Å². The number of rotatable bonds is 1. The molecule has 0 amide bonds. The average molecular weight is 111 g/mol. The highest BCUT2D eigenvalue weighted by atomic mass is 16.1. The highest BCUT2D eigenvalue weighted by Crippen LogP contribution is 1.85. The summed E-state index contributed by atoms with van der Waals surface area (Å²) in [6.45, 7) is 0. The number of carbonyl (C=O) groups excluding carboxylic acids is 1. The molecule has 0 fully saturated rings. The fourth-order valence-corrected chi connectivity index (χ4v) is 0.418. The van der Waals surface area contributed by atoms with Crippen LogP contribution in [0.1, 0.15) is 10.5 Å². The number of nitrogens with zero attached hydrogens (tertiary/aromatic N) is 2. The Hall–Kier alpha value is -1.32. The van der Waals surface area contributed by atoms with Gasteiger partial charge in [-0.2, -0.15) is 9.89 Å². The lowest BCUT2D eigenvalue weighted by Crippen LogP contribution is -2.12. The van der Waals surface area contributed by atoms with Gasteiger partial charge in [0.05, 0.1) is 6.20 Å². The summed E-state index contributed by atoms with van der Waals surface area (Å²) in [5.74, 6) is 5.13. The maximum Gasteiger partial charge on any atom is 0.170 e. The lowest BCUT2D eigenvalue weighted by atomic mass is 10.5. The molecule has 0 saturated heterocycles. The molecule has 0 spiro atoms. The van der Waals surface area contributed by atoms with Crippen LogP contribution in [0.2, 0.25) is 0 Å². The minimum atomic E-state index is 0.380. The van der Waals surface area contributed by atoms with Gasteiger partial charge in [-0.15, -0.1) is 0 Å². The van der Waals surface area contributed by atoms with Crippen LogP contribution in [-0.2, 0) is 0 Å². The number of aldehydes is 1. The molecule has 1 aromatic heterocycles. The van der Waals surface area contributed by atoms with Crippen molar-refractivity contribution in [3.63, 3.8) is 0 Å². The van der Waals surface area contributed by atoms with Gasteiger partial charge in [0.25, 0.3) is 0 Å². The van der Waals surface area contributed by atoms with E-state index in [1.54, 1.807) is 0 Å². The SMILES string of the molecule is Nn1nccc1C=O. The molecule has 1 aromatic rings. The van der Waals surface area contributed by atoms with Crippen molar-refractivity contribution in [3.8, 4) is 0 Å². The van der Waals surface area contributed by atoms with Crippen LogP contribution in [0.4, 0.5) is 0 Å². The Balaban J connectivity index is 3.09. The molecule has 0 aliphatic rings. The number of aromatic nitrogens is 2. The molecule has 8 heavy (non-hydrogen) atoms. The third kappa shape index (κ3) is 0.556. The van der Waals surface area contributed by atoms with Gasteiger partial charge >= 0.3 is 0 Å². The van der Waals surface area contributed by atoms with Crippen molar-refractivity contribution in [1.82, 2.24) is 9.89 Å². The standard InChI is InChI=1S/C4H5N3O/c5-7-4(3-8)1-2-6-7/h1-3H,5H2. The van der Waals surface area contributed by atoms with Crippen molar-refractivity contribution in [2.75, 3.05) is 5.84 Å². The third-order valence-corrected chi connectivity index (χ3v) is 0.822. The van der Waals surface area contributed by atoms with Crippen LogP contribution in [0.3, 0.4) is 0 Å². The summed E-state index contributed by atoms with van der Waals surface area (Å²) in [6.07, 6.45) is 2.11. The monoisotopic (exact) mass is 111 g/mol. The molecule has 0 aliphatic heterocycles. The Bertz CT molecular complexity index is 193. The van der Waals surface area contributed by atoms with Crippen LogP contribution in [0.15, 0.2) is 12.3 Å². The van der Waals surface area contributed by atoms with Crippen LogP contribution in [-0.4, -0.2) is 16.2 Å². The van der Waals surface area contributed by atoms with Gasteiger partial charge < -0.3 is 5.84 Å². The number of hydrogen-bond donors (Lipinski definition) is 1. The van der Waals surface area contributed by atoms with Gasteiger partial charge in [0.1, 0.15) is 5.69 Å². The summed E-state index contributed by atoms with van der Waals surface area (Å²) in [4.78, 5) is 11.0. The summed E-state index contributed by atoms with van der Waals surface area (Å²) >= 11 is 0. The lowest BCUT2D eigenvalue weighted by Gasteiger charge is -1.86. The van der Waals surface area contributed by atoms with Crippen molar-refractivity contribution < 1.29 is 4.79 Å². The fraction of sp³-hybridized carbons (Fsp3) is 0. The molecule has 0 aliphatic carbocycles.